The van der Waals surface area contributed by atoms with Crippen molar-refractivity contribution < 1.29 is 14.3 Å². The molecule has 2 fully saturated rings. The molecular weight excluding hydrogens is 256 g/mol. The number of carbonyl (C=O) groups excluding carboxylic acids is 2. The first-order valence-electron chi connectivity index (χ1n) is 6.42. The van der Waals surface area contributed by atoms with Gasteiger partial charge in [-0.2, -0.15) is 5.26 Å². The number of nitrogens with zero attached hydrogens (tertiary/aromatic N) is 2. The van der Waals surface area contributed by atoms with Crippen LogP contribution in [-0.4, -0.2) is 24.0 Å². The minimum atomic E-state index is -0.395. The number of carbonyl (C=O) groups is 2. The van der Waals surface area contributed by atoms with Crippen LogP contribution in [0.4, 0.5) is 5.69 Å². The van der Waals surface area contributed by atoms with Gasteiger partial charge in [0.2, 0.25) is 11.8 Å². The van der Waals surface area contributed by atoms with Gasteiger partial charge in [0.05, 0.1) is 41.4 Å². The summed E-state index contributed by atoms with van der Waals surface area (Å²) in [7, 11) is 0. The van der Waals surface area contributed by atoms with Crippen LogP contribution in [0.1, 0.15) is 5.56 Å². The molecule has 3 aliphatic heterocycles. The Labute approximate surface area is 115 Å². The van der Waals surface area contributed by atoms with Crippen LogP contribution in [0.2, 0.25) is 0 Å². The highest BCUT2D eigenvalue weighted by Gasteiger charge is 2.60. The zero-order chi connectivity index (χ0) is 13.9. The van der Waals surface area contributed by atoms with Crippen LogP contribution in [0.3, 0.4) is 0 Å². The first-order valence-corrected chi connectivity index (χ1v) is 6.42. The Morgan fingerprint density at radius 1 is 1.00 bits per heavy atom. The lowest BCUT2D eigenvalue weighted by molar-refractivity contribution is -0.124. The number of nitriles is 1. The van der Waals surface area contributed by atoms with Crippen molar-refractivity contribution in [1.29, 1.82) is 5.26 Å². The largest absolute Gasteiger partial charge is 0.365 e. The van der Waals surface area contributed by atoms with Gasteiger partial charge in [0, 0.05) is 0 Å². The van der Waals surface area contributed by atoms with E-state index in [9.17, 15) is 9.59 Å². The first kappa shape index (κ1) is 11.4. The van der Waals surface area contributed by atoms with E-state index in [-0.39, 0.29) is 24.0 Å². The molecule has 20 heavy (non-hydrogen) atoms. The molecule has 4 rings (SSSR count). The molecule has 2 bridgehead atoms. The standard InChI is InChI=1S/C15H10N2O3/c16-7-8-1-3-9(4-2-8)17-14(18)12-10-5-6-11(20-10)13(12)15(17)19/h1-6,10-13H/t10-,11-,12-,13+/m1/s1. The fourth-order valence-corrected chi connectivity index (χ4v) is 3.24. The number of imide groups is 1. The van der Waals surface area contributed by atoms with E-state index in [0.717, 1.165) is 0 Å². The lowest BCUT2D eigenvalue weighted by Gasteiger charge is -2.17. The summed E-state index contributed by atoms with van der Waals surface area (Å²) in [4.78, 5) is 26.2. The summed E-state index contributed by atoms with van der Waals surface area (Å²) in [6.07, 6.45) is 3.17. The van der Waals surface area contributed by atoms with E-state index in [0.29, 0.717) is 11.3 Å². The van der Waals surface area contributed by atoms with Crippen molar-refractivity contribution in [3.05, 3.63) is 42.0 Å². The van der Waals surface area contributed by atoms with Crippen LogP contribution in [0.15, 0.2) is 36.4 Å². The van der Waals surface area contributed by atoms with E-state index in [1.165, 1.54) is 4.90 Å². The average molecular weight is 266 g/mol. The summed E-state index contributed by atoms with van der Waals surface area (Å²) < 4.78 is 5.58. The lowest BCUT2D eigenvalue weighted by atomic mass is 9.85. The van der Waals surface area contributed by atoms with Gasteiger partial charge in [-0.05, 0) is 24.3 Å². The van der Waals surface area contributed by atoms with Gasteiger partial charge in [-0.25, -0.2) is 4.90 Å². The predicted molar refractivity (Wildman–Crippen MR) is 68.4 cm³/mol. The second-order valence-corrected chi connectivity index (χ2v) is 5.17. The van der Waals surface area contributed by atoms with Gasteiger partial charge in [-0.1, -0.05) is 12.2 Å². The summed E-state index contributed by atoms with van der Waals surface area (Å²) >= 11 is 0. The normalized spacial score (nSPS) is 33.6. The number of amides is 2. The molecule has 0 spiro atoms. The highest BCUT2D eigenvalue weighted by molar-refractivity contribution is 6.23. The molecule has 0 N–H and O–H groups in total. The molecule has 4 atom stereocenters. The molecule has 5 heteroatoms. The highest BCUT2D eigenvalue weighted by atomic mass is 16.5. The molecule has 5 nitrogen and oxygen atoms in total. The highest BCUT2D eigenvalue weighted by Crippen LogP contribution is 2.46. The molecule has 1 aromatic rings. The van der Waals surface area contributed by atoms with Crippen molar-refractivity contribution in [1.82, 2.24) is 0 Å². The van der Waals surface area contributed by atoms with E-state index in [1.807, 2.05) is 18.2 Å². The van der Waals surface area contributed by atoms with Crippen LogP contribution in [0, 0.1) is 23.2 Å². The fraction of sp³-hybridized carbons (Fsp3) is 0.267. The average Bonchev–Trinajstić information content (AvgIpc) is 3.14. The summed E-state index contributed by atoms with van der Waals surface area (Å²) in [6, 6.07) is 8.48. The Bertz CT molecular complexity index is 656. The molecule has 2 amide bonds. The number of ether oxygens (including phenoxy) is 1. The number of rotatable bonds is 1. The summed E-state index contributed by atoms with van der Waals surface area (Å²) in [6.45, 7) is 0. The van der Waals surface area contributed by atoms with Crippen LogP contribution in [0.25, 0.3) is 0 Å². The van der Waals surface area contributed by atoms with Gasteiger partial charge < -0.3 is 4.74 Å². The van der Waals surface area contributed by atoms with Crippen molar-refractivity contribution in [2.24, 2.45) is 11.8 Å². The first-order chi connectivity index (χ1) is 9.70. The van der Waals surface area contributed by atoms with E-state index in [1.54, 1.807) is 24.3 Å². The maximum absolute atomic E-state index is 12.5. The Morgan fingerprint density at radius 3 is 2.05 bits per heavy atom. The second kappa shape index (κ2) is 3.78. The number of hydrogen-bond donors (Lipinski definition) is 0. The van der Waals surface area contributed by atoms with E-state index >= 15 is 0 Å². The zero-order valence-electron chi connectivity index (χ0n) is 10.4. The molecule has 0 unspecified atom stereocenters. The van der Waals surface area contributed by atoms with Gasteiger partial charge in [0.25, 0.3) is 0 Å². The Kier molecular flexibility index (Phi) is 2.15. The van der Waals surface area contributed by atoms with Crippen LogP contribution < -0.4 is 4.90 Å². The Hall–Kier alpha value is -2.45. The Balaban J connectivity index is 1.72. The van der Waals surface area contributed by atoms with Crippen LogP contribution in [0.5, 0.6) is 0 Å². The predicted octanol–water partition coefficient (Wildman–Crippen LogP) is 1.00. The van der Waals surface area contributed by atoms with Crippen molar-refractivity contribution in [2.75, 3.05) is 4.90 Å². The minimum absolute atomic E-state index is 0.207. The molecule has 1 aromatic carbocycles. The molecule has 2 saturated heterocycles. The molecule has 0 saturated carbocycles. The van der Waals surface area contributed by atoms with Gasteiger partial charge >= 0.3 is 0 Å². The SMILES string of the molecule is N#Cc1ccc(N2C(=O)[C@@H]3[C@H](C2=O)[C@H]2C=C[C@H]3O2)cc1. The maximum Gasteiger partial charge on any atom is 0.240 e. The van der Waals surface area contributed by atoms with Crippen molar-refractivity contribution in [2.45, 2.75) is 12.2 Å². The summed E-state index contributed by atoms with van der Waals surface area (Å²) in [5.74, 6) is -1.20. The third-order valence-electron chi connectivity index (χ3n) is 4.17. The monoisotopic (exact) mass is 266 g/mol. The van der Waals surface area contributed by atoms with Crippen molar-refractivity contribution >= 4 is 17.5 Å². The van der Waals surface area contributed by atoms with Crippen molar-refractivity contribution in [3.8, 4) is 6.07 Å². The minimum Gasteiger partial charge on any atom is -0.365 e. The topological polar surface area (TPSA) is 70.4 Å². The molecule has 0 aliphatic carbocycles. The number of fused-ring (bicyclic) bond motifs is 5. The van der Waals surface area contributed by atoms with Crippen LogP contribution in [-0.2, 0) is 14.3 Å². The molecule has 0 radical (unpaired) electrons. The van der Waals surface area contributed by atoms with Crippen molar-refractivity contribution in [3.63, 3.8) is 0 Å². The number of hydrogen-bond acceptors (Lipinski definition) is 4. The van der Waals surface area contributed by atoms with Gasteiger partial charge in [0.15, 0.2) is 0 Å². The van der Waals surface area contributed by atoms with Gasteiger partial charge in [-0.15, -0.1) is 0 Å². The van der Waals surface area contributed by atoms with E-state index in [4.69, 9.17) is 10.00 Å². The third-order valence-corrected chi connectivity index (χ3v) is 4.17. The number of benzene rings is 1. The molecule has 3 aliphatic rings. The maximum atomic E-state index is 12.5. The molecule has 98 valence electrons. The van der Waals surface area contributed by atoms with E-state index < -0.39 is 11.8 Å². The van der Waals surface area contributed by atoms with Gasteiger partial charge in [0.1, 0.15) is 0 Å². The van der Waals surface area contributed by atoms with Crippen LogP contribution >= 0.6 is 0 Å². The third kappa shape index (κ3) is 1.29. The quantitative estimate of drug-likeness (QED) is 0.561. The molecule has 3 heterocycles. The number of anilines is 1. The van der Waals surface area contributed by atoms with E-state index in [2.05, 4.69) is 0 Å². The smallest absolute Gasteiger partial charge is 0.240 e. The molecular formula is C15H10N2O3. The Morgan fingerprint density at radius 2 is 1.55 bits per heavy atom. The lowest BCUT2D eigenvalue weighted by Crippen LogP contribution is -2.34. The second-order valence-electron chi connectivity index (χ2n) is 5.17. The zero-order valence-corrected chi connectivity index (χ0v) is 10.4. The summed E-state index contributed by atoms with van der Waals surface area (Å²) in [5.41, 5.74) is 1.02. The fourth-order valence-electron chi connectivity index (χ4n) is 3.24. The molecule has 0 aromatic heterocycles. The van der Waals surface area contributed by atoms with Gasteiger partial charge in [-0.3, -0.25) is 9.59 Å². The summed E-state index contributed by atoms with van der Waals surface area (Å²) in [5, 5.41) is 8.78.